The Kier molecular flexibility index (Phi) is 4.17. The molecule has 86 valence electrons. The van der Waals surface area contributed by atoms with Crippen molar-refractivity contribution in [2.45, 2.75) is 65.7 Å². The smallest absolute Gasteiger partial charge is 0.0596 e. The molecule has 0 fully saturated rings. The molecule has 14 heavy (non-hydrogen) atoms. The van der Waals surface area contributed by atoms with E-state index in [2.05, 4.69) is 72.4 Å². The lowest BCUT2D eigenvalue weighted by Crippen LogP contribution is -2.56. The molecule has 0 atom stereocenters. The minimum atomic E-state index is 0.221. The van der Waals surface area contributed by atoms with Crippen LogP contribution in [0.2, 0.25) is 0 Å². The second-order valence-electron chi connectivity index (χ2n) is 6.20. The SMILES string of the molecule is CC(N(C)C(C)(C)C)N(C)C(C)(C)C. The molecule has 0 bridgehead atoms. The summed E-state index contributed by atoms with van der Waals surface area (Å²) < 4.78 is 0. The summed E-state index contributed by atoms with van der Waals surface area (Å²) >= 11 is 0. The van der Waals surface area contributed by atoms with Crippen molar-refractivity contribution in [3.8, 4) is 0 Å². The summed E-state index contributed by atoms with van der Waals surface area (Å²) in [6.07, 6.45) is 0.454. The third-order valence-electron chi connectivity index (χ3n) is 3.24. The molecule has 0 aromatic carbocycles. The summed E-state index contributed by atoms with van der Waals surface area (Å²) in [6.45, 7) is 15.8. The first kappa shape index (κ1) is 13.9. The summed E-state index contributed by atoms with van der Waals surface area (Å²) in [5.74, 6) is 0. The van der Waals surface area contributed by atoms with E-state index in [1.165, 1.54) is 0 Å². The number of nitrogens with zero attached hydrogens (tertiary/aromatic N) is 2. The molecule has 0 aliphatic carbocycles. The van der Waals surface area contributed by atoms with Crippen molar-refractivity contribution in [3.63, 3.8) is 0 Å². The predicted molar refractivity (Wildman–Crippen MR) is 64.5 cm³/mol. The third-order valence-corrected chi connectivity index (χ3v) is 3.24. The fourth-order valence-corrected chi connectivity index (χ4v) is 1.38. The summed E-state index contributed by atoms with van der Waals surface area (Å²) in [5.41, 5.74) is 0.442. The first-order valence-electron chi connectivity index (χ1n) is 5.44. The fourth-order valence-electron chi connectivity index (χ4n) is 1.38. The summed E-state index contributed by atoms with van der Waals surface area (Å²) in [4.78, 5) is 4.80. The molecule has 0 heterocycles. The Hall–Kier alpha value is -0.0800. The highest BCUT2D eigenvalue weighted by Crippen LogP contribution is 2.21. The van der Waals surface area contributed by atoms with Gasteiger partial charge in [-0.1, -0.05) is 0 Å². The normalized spacial score (nSPS) is 14.6. The Bertz CT molecular complexity index is 154. The van der Waals surface area contributed by atoms with E-state index in [0.29, 0.717) is 6.17 Å². The number of rotatable bonds is 2. The molecule has 2 nitrogen and oxygen atoms in total. The molecule has 0 aliphatic rings. The van der Waals surface area contributed by atoms with Gasteiger partial charge in [-0.25, -0.2) is 0 Å². The lowest BCUT2D eigenvalue weighted by molar-refractivity contribution is -0.0144. The van der Waals surface area contributed by atoms with Crippen LogP contribution in [0.4, 0.5) is 0 Å². The van der Waals surface area contributed by atoms with Gasteiger partial charge in [0, 0.05) is 11.1 Å². The van der Waals surface area contributed by atoms with Gasteiger partial charge in [-0.15, -0.1) is 0 Å². The van der Waals surface area contributed by atoms with E-state index in [1.807, 2.05) is 0 Å². The van der Waals surface area contributed by atoms with E-state index in [9.17, 15) is 0 Å². The second-order valence-corrected chi connectivity index (χ2v) is 6.20. The Labute approximate surface area is 90.3 Å². The van der Waals surface area contributed by atoms with E-state index in [1.54, 1.807) is 0 Å². The Balaban J connectivity index is 4.56. The summed E-state index contributed by atoms with van der Waals surface area (Å²) in [7, 11) is 4.37. The van der Waals surface area contributed by atoms with Crippen molar-refractivity contribution in [1.82, 2.24) is 9.80 Å². The fraction of sp³-hybridized carbons (Fsp3) is 1.00. The summed E-state index contributed by atoms with van der Waals surface area (Å²) in [6, 6.07) is 0. The molecule has 0 N–H and O–H groups in total. The quantitative estimate of drug-likeness (QED) is 0.632. The highest BCUT2D eigenvalue weighted by atomic mass is 15.4. The van der Waals surface area contributed by atoms with E-state index in [-0.39, 0.29) is 11.1 Å². The first-order valence-corrected chi connectivity index (χ1v) is 5.44. The molecule has 0 amide bonds. The van der Waals surface area contributed by atoms with Crippen LogP contribution in [0.1, 0.15) is 48.5 Å². The van der Waals surface area contributed by atoms with Gasteiger partial charge in [0.15, 0.2) is 0 Å². The van der Waals surface area contributed by atoms with Crippen LogP contribution in [0.5, 0.6) is 0 Å². The third kappa shape index (κ3) is 3.58. The van der Waals surface area contributed by atoms with Gasteiger partial charge < -0.3 is 0 Å². The zero-order chi connectivity index (χ0) is 11.7. The maximum atomic E-state index is 2.40. The van der Waals surface area contributed by atoms with Crippen LogP contribution in [0.15, 0.2) is 0 Å². The number of hydrogen-bond acceptors (Lipinski definition) is 2. The second kappa shape index (κ2) is 4.19. The van der Waals surface area contributed by atoms with Crippen LogP contribution >= 0.6 is 0 Å². The molecule has 0 aromatic heterocycles. The van der Waals surface area contributed by atoms with Gasteiger partial charge in [-0.3, -0.25) is 9.80 Å². The molecular weight excluding hydrogens is 172 g/mol. The largest absolute Gasteiger partial charge is 0.286 e. The maximum absolute atomic E-state index is 2.40. The van der Waals surface area contributed by atoms with Gasteiger partial charge >= 0.3 is 0 Å². The van der Waals surface area contributed by atoms with Crippen molar-refractivity contribution >= 4 is 0 Å². The van der Waals surface area contributed by atoms with Crippen LogP contribution in [0.25, 0.3) is 0 Å². The van der Waals surface area contributed by atoms with E-state index >= 15 is 0 Å². The van der Waals surface area contributed by atoms with Crippen molar-refractivity contribution in [3.05, 3.63) is 0 Å². The van der Waals surface area contributed by atoms with Crippen LogP contribution in [-0.4, -0.2) is 41.1 Å². The highest BCUT2D eigenvalue weighted by molar-refractivity contribution is 4.82. The Morgan fingerprint density at radius 3 is 1.07 bits per heavy atom. The van der Waals surface area contributed by atoms with Gasteiger partial charge in [0.1, 0.15) is 0 Å². The molecule has 0 unspecified atom stereocenters. The van der Waals surface area contributed by atoms with Crippen LogP contribution in [-0.2, 0) is 0 Å². The van der Waals surface area contributed by atoms with E-state index in [0.717, 1.165) is 0 Å². The van der Waals surface area contributed by atoms with Gasteiger partial charge in [0.2, 0.25) is 0 Å². The van der Waals surface area contributed by atoms with Gasteiger partial charge in [0.25, 0.3) is 0 Å². The zero-order valence-electron chi connectivity index (χ0n) is 11.5. The Morgan fingerprint density at radius 1 is 0.714 bits per heavy atom. The topological polar surface area (TPSA) is 6.48 Å². The average molecular weight is 200 g/mol. The molecule has 0 saturated carbocycles. The molecule has 0 spiro atoms. The lowest BCUT2D eigenvalue weighted by atomic mass is 10.0. The highest BCUT2D eigenvalue weighted by Gasteiger charge is 2.29. The first-order chi connectivity index (χ1) is 5.98. The number of hydrogen-bond donors (Lipinski definition) is 0. The molecule has 0 aliphatic heterocycles. The van der Waals surface area contributed by atoms with Crippen molar-refractivity contribution < 1.29 is 0 Å². The van der Waals surface area contributed by atoms with Gasteiger partial charge in [0.05, 0.1) is 6.17 Å². The van der Waals surface area contributed by atoms with Crippen LogP contribution in [0, 0.1) is 0 Å². The van der Waals surface area contributed by atoms with E-state index < -0.39 is 0 Å². The molecule has 0 radical (unpaired) electrons. The van der Waals surface area contributed by atoms with Gasteiger partial charge in [-0.05, 0) is 62.6 Å². The van der Waals surface area contributed by atoms with Gasteiger partial charge in [-0.2, -0.15) is 0 Å². The van der Waals surface area contributed by atoms with Crippen LogP contribution in [0.3, 0.4) is 0 Å². The lowest BCUT2D eigenvalue weighted by Gasteiger charge is -2.46. The van der Waals surface area contributed by atoms with Crippen LogP contribution < -0.4 is 0 Å². The Morgan fingerprint density at radius 2 is 0.929 bits per heavy atom. The molecular formula is C12H28N2. The molecule has 0 aromatic rings. The zero-order valence-corrected chi connectivity index (χ0v) is 11.5. The standard InChI is InChI=1S/C12H28N2/c1-10(13(8)11(2,3)4)14(9)12(5,6)7/h10H,1-9H3. The summed E-state index contributed by atoms with van der Waals surface area (Å²) in [5, 5.41) is 0. The van der Waals surface area contributed by atoms with Crippen molar-refractivity contribution in [2.75, 3.05) is 14.1 Å². The molecule has 2 heteroatoms. The minimum Gasteiger partial charge on any atom is -0.286 e. The molecule has 0 rings (SSSR count). The van der Waals surface area contributed by atoms with Crippen molar-refractivity contribution in [1.29, 1.82) is 0 Å². The maximum Gasteiger partial charge on any atom is 0.0596 e. The molecule has 0 saturated heterocycles. The minimum absolute atomic E-state index is 0.221. The van der Waals surface area contributed by atoms with E-state index in [4.69, 9.17) is 0 Å². The predicted octanol–water partition coefficient (Wildman–Crippen LogP) is 2.79. The monoisotopic (exact) mass is 200 g/mol. The average Bonchev–Trinajstić information content (AvgIpc) is 1.97. The van der Waals surface area contributed by atoms with Crippen molar-refractivity contribution in [2.24, 2.45) is 0 Å².